The van der Waals surface area contributed by atoms with Gasteiger partial charge < -0.3 is 5.32 Å². The van der Waals surface area contributed by atoms with Crippen LogP contribution in [0, 0.1) is 3.57 Å². The second-order valence-electron chi connectivity index (χ2n) is 4.84. The lowest BCUT2D eigenvalue weighted by Crippen LogP contribution is -2.11. The van der Waals surface area contributed by atoms with Gasteiger partial charge in [0.15, 0.2) is 0 Å². The van der Waals surface area contributed by atoms with E-state index in [1.165, 1.54) is 34.9 Å². The Morgan fingerprint density at radius 1 is 1.26 bits per heavy atom. The number of nitrogens with one attached hydrogen (secondary N) is 1. The zero-order valence-corrected chi connectivity index (χ0v) is 14.7. The van der Waals surface area contributed by atoms with Crippen LogP contribution in [0.5, 0.6) is 0 Å². The maximum Gasteiger partial charge on any atom is 0.143 e. The Labute approximate surface area is 133 Å². The highest BCUT2D eigenvalue weighted by molar-refractivity contribution is 14.1. The minimum Gasteiger partial charge on any atom is -0.369 e. The van der Waals surface area contributed by atoms with Crippen molar-refractivity contribution in [1.82, 2.24) is 9.97 Å². The van der Waals surface area contributed by atoms with E-state index in [4.69, 9.17) is 4.98 Å². The smallest absolute Gasteiger partial charge is 0.143 e. The quantitative estimate of drug-likeness (QED) is 0.729. The number of thioether (sulfide) groups is 1. The van der Waals surface area contributed by atoms with Crippen LogP contribution in [0.25, 0.3) is 0 Å². The summed E-state index contributed by atoms with van der Waals surface area (Å²) in [6.07, 6.45) is 5.28. The highest BCUT2D eigenvalue weighted by atomic mass is 127. The van der Waals surface area contributed by atoms with Gasteiger partial charge in [-0.1, -0.05) is 19.8 Å². The van der Waals surface area contributed by atoms with E-state index in [-0.39, 0.29) is 0 Å². The van der Waals surface area contributed by atoms with Crippen LogP contribution < -0.4 is 5.32 Å². The molecule has 1 aliphatic carbocycles. The van der Waals surface area contributed by atoms with Crippen LogP contribution in [0.4, 0.5) is 5.82 Å². The highest BCUT2D eigenvalue weighted by Crippen LogP contribution is 2.37. The van der Waals surface area contributed by atoms with Crippen molar-refractivity contribution in [2.24, 2.45) is 0 Å². The fourth-order valence-electron chi connectivity index (χ4n) is 2.52. The summed E-state index contributed by atoms with van der Waals surface area (Å²) in [4.78, 5) is 9.54. The summed E-state index contributed by atoms with van der Waals surface area (Å²) < 4.78 is 1.23. The van der Waals surface area contributed by atoms with Gasteiger partial charge in [-0.3, -0.25) is 0 Å². The summed E-state index contributed by atoms with van der Waals surface area (Å²) in [5.74, 6) is 4.71. The lowest BCUT2D eigenvalue weighted by atomic mass is 10.0. The van der Waals surface area contributed by atoms with Crippen LogP contribution in [0.2, 0.25) is 0 Å². The van der Waals surface area contributed by atoms with Crippen molar-refractivity contribution in [2.75, 3.05) is 17.6 Å². The maximum absolute atomic E-state index is 4.86. The Kier molecular flexibility index (Phi) is 6.19. The molecule has 0 bridgehead atoms. The van der Waals surface area contributed by atoms with Crippen LogP contribution in [0.15, 0.2) is 0 Å². The lowest BCUT2D eigenvalue weighted by Gasteiger charge is -2.16. The summed E-state index contributed by atoms with van der Waals surface area (Å²) in [6, 6.07) is 0. The van der Waals surface area contributed by atoms with Crippen LogP contribution in [0.1, 0.15) is 57.0 Å². The SMILES string of the molecule is CCNc1nc(CSCC)nc(C2CCCC2)c1I. The molecule has 2 rings (SSSR count). The Morgan fingerprint density at radius 3 is 2.63 bits per heavy atom. The molecule has 0 atom stereocenters. The van der Waals surface area contributed by atoms with Crippen LogP contribution in [-0.4, -0.2) is 22.3 Å². The van der Waals surface area contributed by atoms with E-state index in [2.05, 4.69) is 46.7 Å². The molecule has 0 radical (unpaired) electrons. The summed E-state index contributed by atoms with van der Waals surface area (Å²) in [5, 5.41) is 3.39. The van der Waals surface area contributed by atoms with E-state index in [9.17, 15) is 0 Å². The minimum absolute atomic E-state index is 0.651. The summed E-state index contributed by atoms with van der Waals surface area (Å²) in [6.45, 7) is 5.21. The third-order valence-electron chi connectivity index (χ3n) is 3.44. The summed E-state index contributed by atoms with van der Waals surface area (Å²) >= 11 is 4.30. The molecular weight excluding hydrogens is 369 g/mol. The topological polar surface area (TPSA) is 37.8 Å². The number of anilines is 1. The van der Waals surface area contributed by atoms with Gasteiger partial charge in [0.1, 0.15) is 11.6 Å². The molecule has 106 valence electrons. The summed E-state index contributed by atoms with van der Waals surface area (Å²) in [7, 11) is 0. The Bertz CT molecular complexity index is 419. The van der Waals surface area contributed by atoms with E-state index >= 15 is 0 Å². The molecule has 1 aromatic heterocycles. The van der Waals surface area contributed by atoms with Gasteiger partial charge in [0.25, 0.3) is 0 Å². The van der Waals surface area contributed by atoms with Crippen LogP contribution in [-0.2, 0) is 5.75 Å². The molecule has 0 saturated heterocycles. The Hall–Kier alpha value is -0.0400. The van der Waals surface area contributed by atoms with E-state index in [1.54, 1.807) is 0 Å². The van der Waals surface area contributed by atoms with Gasteiger partial charge in [-0.2, -0.15) is 11.8 Å². The molecule has 19 heavy (non-hydrogen) atoms. The molecule has 1 heterocycles. The third kappa shape index (κ3) is 3.97. The van der Waals surface area contributed by atoms with Gasteiger partial charge in [-0.25, -0.2) is 9.97 Å². The number of nitrogens with zero attached hydrogens (tertiary/aromatic N) is 2. The molecule has 0 spiro atoms. The molecule has 0 aromatic carbocycles. The Balaban J connectivity index is 2.29. The van der Waals surface area contributed by atoms with Gasteiger partial charge in [0, 0.05) is 12.5 Å². The summed E-state index contributed by atoms with van der Waals surface area (Å²) in [5.41, 5.74) is 1.29. The van der Waals surface area contributed by atoms with Crippen molar-refractivity contribution in [1.29, 1.82) is 0 Å². The predicted octanol–water partition coefficient (Wildman–Crippen LogP) is 4.42. The monoisotopic (exact) mass is 391 g/mol. The van der Waals surface area contributed by atoms with Crippen molar-refractivity contribution in [3.05, 3.63) is 15.1 Å². The number of hydrogen-bond donors (Lipinski definition) is 1. The molecular formula is C14H22IN3S. The van der Waals surface area contributed by atoms with E-state index < -0.39 is 0 Å². The standard InChI is InChI=1S/C14H22IN3S/c1-3-16-14-12(15)13(10-7-5-6-8-10)17-11(18-14)9-19-4-2/h10H,3-9H2,1-2H3,(H,16,17,18). The van der Waals surface area contributed by atoms with Crippen molar-refractivity contribution >= 4 is 40.2 Å². The normalized spacial score (nSPS) is 15.9. The van der Waals surface area contributed by atoms with Gasteiger partial charge in [-0.05, 0) is 48.1 Å². The molecule has 1 N–H and O–H groups in total. The molecule has 1 aromatic rings. The minimum atomic E-state index is 0.651. The second-order valence-corrected chi connectivity index (χ2v) is 7.19. The van der Waals surface area contributed by atoms with Crippen molar-refractivity contribution < 1.29 is 0 Å². The van der Waals surface area contributed by atoms with Gasteiger partial charge in [-0.15, -0.1) is 0 Å². The molecule has 0 aliphatic heterocycles. The van der Waals surface area contributed by atoms with Gasteiger partial charge in [0.2, 0.25) is 0 Å². The number of rotatable bonds is 6. The van der Waals surface area contributed by atoms with Crippen molar-refractivity contribution in [3.63, 3.8) is 0 Å². The third-order valence-corrected chi connectivity index (χ3v) is 5.38. The average molecular weight is 391 g/mol. The number of hydrogen-bond acceptors (Lipinski definition) is 4. The van der Waals surface area contributed by atoms with E-state index in [0.717, 1.165) is 29.7 Å². The molecule has 1 aliphatic rings. The zero-order valence-electron chi connectivity index (χ0n) is 11.7. The average Bonchev–Trinajstić information content (AvgIpc) is 2.93. The van der Waals surface area contributed by atoms with Gasteiger partial charge >= 0.3 is 0 Å². The second kappa shape index (κ2) is 7.67. The molecule has 3 nitrogen and oxygen atoms in total. The fraction of sp³-hybridized carbons (Fsp3) is 0.714. The first-order valence-corrected chi connectivity index (χ1v) is 9.37. The van der Waals surface area contributed by atoms with Crippen molar-refractivity contribution in [2.45, 2.75) is 51.2 Å². The predicted molar refractivity (Wildman–Crippen MR) is 92.0 cm³/mol. The zero-order chi connectivity index (χ0) is 13.7. The first-order valence-electron chi connectivity index (χ1n) is 7.14. The molecule has 0 amide bonds. The lowest BCUT2D eigenvalue weighted by molar-refractivity contribution is 0.683. The molecule has 1 fully saturated rings. The number of aromatic nitrogens is 2. The largest absolute Gasteiger partial charge is 0.369 e. The first kappa shape index (κ1) is 15.4. The van der Waals surface area contributed by atoms with E-state index in [0.29, 0.717) is 5.92 Å². The highest BCUT2D eigenvalue weighted by Gasteiger charge is 2.23. The number of halogens is 1. The fourth-order valence-corrected chi connectivity index (χ4v) is 3.91. The van der Waals surface area contributed by atoms with E-state index in [1.807, 2.05) is 11.8 Å². The maximum atomic E-state index is 4.86. The molecule has 0 unspecified atom stereocenters. The van der Waals surface area contributed by atoms with Gasteiger partial charge in [0.05, 0.1) is 15.0 Å². The Morgan fingerprint density at radius 2 is 2.00 bits per heavy atom. The van der Waals surface area contributed by atoms with Crippen molar-refractivity contribution in [3.8, 4) is 0 Å². The molecule has 1 saturated carbocycles. The van der Waals surface area contributed by atoms with Crippen LogP contribution >= 0.6 is 34.4 Å². The molecule has 5 heteroatoms. The van der Waals surface area contributed by atoms with Crippen LogP contribution in [0.3, 0.4) is 0 Å². The first-order chi connectivity index (χ1) is 9.26.